The van der Waals surface area contributed by atoms with Crippen LogP contribution in [0.2, 0.25) is 0 Å². The molecule has 8 heteroatoms. The van der Waals surface area contributed by atoms with Gasteiger partial charge in [-0.1, -0.05) is 12.1 Å². The maximum Gasteiger partial charge on any atom is 0.338 e. The first-order chi connectivity index (χ1) is 10.8. The van der Waals surface area contributed by atoms with Crippen LogP contribution in [0.1, 0.15) is 12.5 Å². The highest BCUT2D eigenvalue weighted by Gasteiger charge is 2.34. The van der Waals surface area contributed by atoms with Gasteiger partial charge in [-0.2, -0.15) is 0 Å². The number of phenolic OH excluding ortho intramolecular Hbond substituents is 1. The van der Waals surface area contributed by atoms with Crippen LogP contribution in [-0.4, -0.2) is 49.1 Å². The van der Waals surface area contributed by atoms with E-state index in [4.69, 9.17) is 10.2 Å². The topological polar surface area (TPSA) is 128 Å². The van der Waals surface area contributed by atoms with E-state index < -0.39 is 23.9 Å². The van der Waals surface area contributed by atoms with Gasteiger partial charge >= 0.3 is 11.9 Å². The van der Waals surface area contributed by atoms with Crippen LogP contribution in [0.15, 0.2) is 30.5 Å². The Balaban J connectivity index is 2.50. The average molecular weight is 318 g/mol. The van der Waals surface area contributed by atoms with Crippen LogP contribution in [-0.2, 0) is 20.9 Å². The highest BCUT2D eigenvalue weighted by Crippen LogP contribution is 2.26. The number of aromatic nitrogens is 1. The molecular formula is C15H14N2O6. The zero-order valence-electron chi connectivity index (χ0n) is 12.1. The number of benzene rings is 1. The first-order valence-electron chi connectivity index (χ1n) is 6.61. The molecule has 120 valence electrons. The highest BCUT2D eigenvalue weighted by molar-refractivity contribution is 6.00. The molecule has 8 nitrogen and oxygen atoms in total. The second kappa shape index (κ2) is 6.30. The van der Waals surface area contributed by atoms with E-state index in [9.17, 15) is 19.5 Å². The maximum atomic E-state index is 11.7. The number of hydrogen-bond acceptors (Lipinski definition) is 5. The van der Waals surface area contributed by atoms with Crippen molar-refractivity contribution < 1.29 is 29.7 Å². The van der Waals surface area contributed by atoms with Gasteiger partial charge in [-0.3, -0.25) is 9.78 Å². The van der Waals surface area contributed by atoms with E-state index in [1.165, 1.54) is 18.3 Å². The Labute approximate surface area is 130 Å². The maximum absolute atomic E-state index is 11.7. The van der Waals surface area contributed by atoms with Crippen molar-refractivity contribution in [1.82, 2.24) is 9.88 Å². The van der Waals surface area contributed by atoms with E-state index in [0.717, 1.165) is 11.8 Å². The Bertz CT molecular complexity index is 775. The van der Waals surface area contributed by atoms with Gasteiger partial charge in [-0.15, -0.1) is 0 Å². The molecule has 0 unspecified atom stereocenters. The number of amides is 1. The van der Waals surface area contributed by atoms with Crippen molar-refractivity contribution in [3.8, 4) is 5.75 Å². The van der Waals surface area contributed by atoms with Crippen LogP contribution in [0.3, 0.4) is 0 Å². The van der Waals surface area contributed by atoms with E-state index in [1.54, 1.807) is 12.1 Å². The molecule has 0 bridgehead atoms. The standard InChI is InChI=1S/C15H14N2O6/c1-8(18)17(13(14(20)21)15(22)23)7-9-4-5-11(19)12-10(9)3-2-6-16-12/h2-6,13,19H,7H2,1H3,(H,20,21)(H,22,23). The molecule has 0 atom stereocenters. The van der Waals surface area contributed by atoms with Gasteiger partial charge in [0.05, 0.1) is 0 Å². The molecule has 0 saturated carbocycles. The summed E-state index contributed by atoms with van der Waals surface area (Å²) in [5.74, 6) is -4.01. The SMILES string of the molecule is CC(=O)N(Cc1ccc(O)c2ncccc12)C(C(=O)O)C(=O)O. The molecular weight excluding hydrogens is 304 g/mol. The van der Waals surface area contributed by atoms with Crippen molar-refractivity contribution in [3.63, 3.8) is 0 Å². The monoisotopic (exact) mass is 318 g/mol. The van der Waals surface area contributed by atoms with Crippen molar-refractivity contribution in [2.45, 2.75) is 19.5 Å². The molecule has 1 amide bonds. The van der Waals surface area contributed by atoms with E-state index in [2.05, 4.69) is 4.98 Å². The number of hydrogen-bond donors (Lipinski definition) is 3. The number of carbonyl (C=O) groups excluding carboxylic acids is 1. The molecule has 23 heavy (non-hydrogen) atoms. The van der Waals surface area contributed by atoms with Crippen LogP contribution in [0, 0.1) is 0 Å². The van der Waals surface area contributed by atoms with Crippen molar-refractivity contribution >= 4 is 28.7 Å². The van der Waals surface area contributed by atoms with Crippen molar-refractivity contribution in [1.29, 1.82) is 0 Å². The van der Waals surface area contributed by atoms with Gasteiger partial charge in [0.1, 0.15) is 11.3 Å². The molecule has 0 radical (unpaired) electrons. The summed E-state index contributed by atoms with van der Waals surface area (Å²) < 4.78 is 0. The van der Waals surface area contributed by atoms with E-state index in [0.29, 0.717) is 10.9 Å². The summed E-state index contributed by atoms with van der Waals surface area (Å²) >= 11 is 0. The van der Waals surface area contributed by atoms with Gasteiger partial charge in [-0.05, 0) is 17.7 Å². The van der Waals surface area contributed by atoms with Crippen LogP contribution in [0.5, 0.6) is 5.75 Å². The predicted molar refractivity (Wildman–Crippen MR) is 78.7 cm³/mol. The molecule has 0 fully saturated rings. The van der Waals surface area contributed by atoms with E-state index >= 15 is 0 Å². The molecule has 1 aromatic carbocycles. The van der Waals surface area contributed by atoms with Gasteiger partial charge < -0.3 is 20.2 Å². The summed E-state index contributed by atoms with van der Waals surface area (Å²) in [7, 11) is 0. The zero-order chi connectivity index (χ0) is 17.1. The minimum Gasteiger partial charge on any atom is -0.506 e. The first-order valence-corrected chi connectivity index (χ1v) is 6.61. The molecule has 1 heterocycles. The number of phenols is 1. The van der Waals surface area contributed by atoms with Crippen LogP contribution >= 0.6 is 0 Å². The third kappa shape index (κ3) is 3.20. The van der Waals surface area contributed by atoms with Gasteiger partial charge in [0, 0.05) is 25.1 Å². The third-order valence-corrected chi connectivity index (χ3v) is 3.36. The summed E-state index contributed by atoms with van der Waals surface area (Å²) in [5, 5.41) is 28.4. The molecule has 2 rings (SSSR count). The van der Waals surface area contributed by atoms with Crippen molar-refractivity contribution in [3.05, 3.63) is 36.0 Å². The Morgan fingerprint density at radius 2 is 1.83 bits per heavy atom. The molecule has 0 spiro atoms. The molecule has 0 saturated heterocycles. The lowest BCUT2D eigenvalue weighted by Crippen LogP contribution is -2.48. The zero-order valence-corrected chi connectivity index (χ0v) is 12.1. The lowest BCUT2D eigenvalue weighted by Gasteiger charge is -2.25. The largest absolute Gasteiger partial charge is 0.506 e. The van der Waals surface area contributed by atoms with Gasteiger partial charge in [0.15, 0.2) is 0 Å². The predicted octanol–water partition coefficient (Wildman–Crippen LogP) is 0.827. The fraction of sp³-hybridized carbons (Fsp3) is 0.200. The number of rotatable bonds is 5. The number of pyridine rings is 1. The molecule has 2 aromatic rings. The van der Waals surface area contributed by atoms with Crippen LogP contribution in [0.4, 0.5) is 0 Å². The highest BCUT2D eigenvalue weighted by atomic mass is 16.4. The van der Waals surface area contributed by atoms with Gasteiger partial charge in [-0.25, -0.2) is 9.59 Å². The first kappa shape index (κ1) is 16.2. The lowest BCUT2D eigenvalue weighted by atomic mass is 10.1. The van der Waals surface area contributed by atoms with E-state index in [1.807, 2.05) is 0 Å². The third-order valence-electron chi connectivity index (χ3n) is 3.36. The summed E-state index contributed by atoms with van der Waals surface area (Å²) in [4.78, 5) is 38.8. The molecule has 0 aliphatic heterocycles. The lowest BCUT2D eigenvalue weighted by molar-refractivity contribution is -0.161. The second-order valence-corrected chi connectivity index (χ2v) is 4.87. The van der Waals surface area contributed by atoms with Crippen LogP contribution in [0.25, 0.3) is 10.9 Å². The smallest absolute Gasteiger partial charge is 0.338 e. The summed E-state index contributed by atoms with van der Waals surface area (Å²) in [5.41, 5.74) is 0.768. The van der Waals surface area contributed by atoms with Crippen molar-refractivity contribution in [2.24, 2.45) is 0 Å². The quantitative estimate of drug-likeness (QED) is 0.696. The molecule has 0 aliphatic carbocycles. The number of carboxylic acids is 2. The number of fused-ring (bicyclic) bond motifs is 1. The van der Waals surface area contributed by atoms with Gasteiger partial charge in [0.2, 0.25) is 11.9 Å². The number of aliphatic carboxylic acids is 2. The van der Waals surface area contributed by atoms with Crippen LogP contribution < -0.4 is 0 Å². The van der Waals surface area contributed by atoms with E-state index in [-0.39, 0.29) is 17.8 Å². The second-order valence-electron chi connectivity index (χ2n) is 4.87. The number of nitrogens with zero attached hydrogens (tertiary/aromatic N) is 2. The number of carboxylic acid groups (broad SMARTS) is 2. The molecule has 0 aliphatic rings. The minimum atomic E-state index is -1.99. The fourth-order valence-corrected chi connectivity index (χ4v) is 2.29. The Hall–Kier alpha value is -3.16. The van der Waals surface area contributed by atoms with Crippen molar-refractivity contribution in [2.75, 3.05) is 0 Å². The molecule has 3 N–H and O–H groups in total. The summed E-state index contributed by atoms with van der Waals surface area (Å²) in [6.45, 7) is 0.862. The number of carbonyl (C=O) groups is 3. The molecule has 1 aromatic heterocycles. The fourth-order valence-electron chi connectivity index (χ4n) is 2.29. The summed E-state index contributed by atoms with van der Waals surface area (Å²) in [6, 6.07) is 4.13. The summed E-state index contributed by atoms with van der Waals surface area (Å²) in [6.07, 6.45) is 1.48. The number of aromatic hydroxyl groups is 1. The Kier molecular flexibility index (Phi) is 4.44. The Morgan fingerprint density at radius 3 is 2.39 bits per heavy atom. The normalized spacial score (nSPS) is 10.7. The van der Waals surface area contributed by atoms with Gasteiger partial charge in [0.25, 0.3) is 0 Å². The minimum absolute atomic E-state index is 0.0632. The average Bonchev–Trinajstić information content (AvgIpc) is 2.48. The Morgan fingerprint density at radius 1 is 1.17 bits per heavy atom.